The third-order valence-electron chi connectivity index (χ3n) is 1.40. The Morgan fingerprint density at radius 2 is 2.50 bits per heavy atom. The van der Waals surface area contributed by atoms with E-state index in [-0.39, 0.29) is 0 Å². The highest BCUT2D eigenvalue weighted by molar-refractivity contribution is 6.05. The number of hydrogen-bond donors (Lipinski definition) is 3. The molecule has 0 radical (unpaired) electrons. The van der Waals surface area contributed by atoms with E-state index in [1.54, 1.807) is 0 Å². The first kappa shape index (κ1) is 7.21. The van der Waals surface area contributed by atoms with Crippen LogP contribution in [0.2, 0.25) is 0 Å². The fourth-order valence-corrected chi connectivity index (χ4v) is 0.880. The van der Waals surface area contributed by atoms with Crippen molar-refractivity contribution >= 4 is 11.5 Å². The molecule has 4 N–H and O–H groups in total. The van der Waals surface area contributed by atoms with E-state index in [1.165, 1.54) is 0 Å². The highest BCUT2D eigenvalue weighted by Gasteiger charge is 2.09. The van der Waals surface area contributed by atoms with Crippen LogP contribution in [0, 0.1) is 5.41 Å². The molecular formula is C6H12N4. The lowest BCUT2D eigenvalue weighted by Gasteiger charge is -1.93. The second-order valence-electron chi connectivity index (χ2n) is 2.34. The molecule has 0 atom stereocenters. The molecule has 0 aromatic heterocycles. The summed E-state index contributed by atoms with van der Waals surface area (Å²) in [5.74, 6) is 0.493. The topological polar surface area (TPSA) is 74.3 Å². The van der Waals surface area contributed by atoms with Gasteiger partial charge >= 0.3 is 0 Å². The van der Waals surface area contributed by atoms with Crippen LogP contribution in [0.15, 0.2) is 5.10 Å². The minimum Gasteiger partial charge on any atom is -0.330 e. The molecule has 56 valence electrons. The zero-order chi connectivity index (χ0) is 7.40. The summed E-state index contributed by atoms with van der Waals surface area (Å²) in [7, 11) is 0. The van der Waals surface area contributed by atoms with Crippen LogP contribution in [0.4, 0.5) is 0 Å². The zero-order valence-electron chi connectivity index (χ0n) is 5.85. The second-order valence-corrected chi connectivity index (χ2v) is 2.34. The van der Waals surface area contributed by atoms with Gasteiger partial charge in [0.15, 0.2) is 0 Å². The summed E-state index contributed by atoms with van der Waals surface area (Å²) < 4.78 is 0. The first-order valence-corrected chi connectivity index (χ1v) is 3.42. The largest absolute Gasteiger partial charge is 0.330 e. The molecule has 0 unspecified atom stereocenters. The van der Waals surface area contributed by atoms with Crippen molar-refractivity contribution in [2.45, 2.75) is 19.3 Å². The molecule has 1 rings (SSSR count). The molecule has 0 saturated carbocycles. The Kier molecular flexibility index (Phi) is 2.39. The Morgan fingerprint density at radius 3 is 3.00 bits per heavy atom. The van der Waals surface area contributed by atoms with Crippen molar-refractivity contribution in [3.63, 3.8) is 0 Å². The van der Waals surface area contributed by atoms with Gasteiger partial charge in [-0.25, -0.2) is 0 Å². The van der Waals surface area contributed by atoms with Crippen molar-refractivity contribution < 1.29 is 0 Å². The molecule has 10 heavy (non-hydrogen) atoms. The summed E-state index contributed by atoms with van der Waals surface area (Å²) in [6.07, 6.45) is 2.57. The van der Waals surface area contributed by atoms with E-state index in [4.69, 9.17) is 11.1 Å². The van der Waals surface area contributed by atoms with E-state index < -0.39 is 0 Å². The standard InChI is InChI=1S/C6H12N4/c7-3-1-2-5-4-6(8)10-9-5/h1-4,7H2,(H2,8,10). The lowest BCUT2D eigenvalue weighted by atomic mass is 10.1. The van der Waals surface area contributed by atoms with Gasteiger partial charge in [0.05, 0.1) is 0 Å². The highest BCUT2D eigenvalue weighted by atomic mass is 15.3. The molecule has 1 aliphatic heterocycles. The second kappa shape index (κ2) is 3.31. The molecule has 0 saturated heterocycles. The average molecular weight is 140 g/mol. The van der Waals surface area contributed by atoms with E-state index in [0.29, 0.717) is 18.8 Å². The summed E-state index contributed by atoms with van der Waals surface area (Å²) in [4.78, 5) is 0. The van der Waals surface area contributed by atoms with Crippen molar-refractivity contribution in [1.82, 2.24) is 5.43 Å². The van der Waals surface area contributed by atoms with E-state index in [2.05, 4.69) is 10.5 Å². The summed E-state index contributed by atoms with van der Waals surface area (Å²) in [6, 6.07) is 0. The van der Waals surface area contributed by atoms with Gasteiger partial charge in [-0.3, -0.25) is 10.8 Å². The smallest absolute Gasteiger partial charge is 0.119 e. The average Bonchev–Trinajstić information content (AvgIpc) is 2.31. The molecule has 4 heteroatoms. The van der Waals surface area contributed by atoms with Crippen LogP contribution >= 0.6 is 0 Å². The quantitative estimate of drug-likeness (QED) is 0.518. The Morgan fingerprint density at radius 1 is 1.70 bits per heavy atom. The number of amidine groups is 1. The Balaban J connectivity index is 2.23. The van der Waals surface area contributed by atoms with Gasteiger partial charge in [0.2, 0.25) is 0 Å². The minimum atomic E-state index is 0.493. The molecule has 4 nitrogen and oxygen atoms in total. The number of rotatable bonds is 3. The Bertz CT molecular complexity index is 161. The SMILES string of the molecule is N=C1CC(CCCN)=NN1. The van der Waals surface area contributed by atoms with Crippen LogP contribution in [-0.2, 0) is 0 Å². The summed E-state index contributed by atoms with van der Waals surface area (Å²) in [5, 5.41) is 11.1. The molecule has 0 aromatic rings. The monoisotopic (exact) mass is 140 g/mol. The summed E-state index contributed by atoms with van der Waals surface area (Å²) >= 11 is 0. The first-order valence-electron chi connectivity index (χ1n) is 3.42. The minimum absolute atomic E-state index is 0.493. The Hall–Kier alpha value is -0.900. The maximum atomic E-state index is 7.16. The van der Waals surface area contributed by atoms with Crippen LogP contribution in [0.1, 0.15) is 19.3 Å². The molecule has 0 aliphatic carbocycles. The van der Waals surface area contributed by atoms with E-state index >= 15 is 0 Å². The molecule has 0 aromatic carbocycles. The summed E-state index contributed by atoms with van der Waals surface area (Å²) in [6.45, 7) is 0.701. The fraction of sp³-hybridized carbons (Fsp3) is 0.667. The van der Waals surface area contributed by atoms with E-state index in [9.17, 15) is 0 Å². The third kappa shape index (κ3) is 1.80. The van der Waals surface area contributed by atoms with Crippen LogP contribution in [0.25, 0.3) is 0 Å². The fourth-order valence-electron chi connectivity index (χ4n) is 0.880. The van der Waals surface area contributed by atoms with Crippen molar-refractivity contribution in [1.29, 1.82) is 5.41 Å². The predicted molar refractivity (Wildman–Crippen MR) is 41.2 cm³/mol. The molecule has 1 aliphatic rings. The number of nitrogens with one attached hydrogen (secondary N) is 2. The maximum Gasteiger partial charge on any atom is 0.119 e. The molecule has 0 spiro atoms. The molecule has 0 amide bonds. The van der Waals surface area contributed by atoms with Crippen molar-refractivity contribution in [2.75, 3.05) is 6.54 Å². The van der Waals surface area contributed by atoms with Crippen molar-refractivity contribution in [2.24, 2.45) is 10.8 Å². The number of hydrazone groups is 1. The molecule has 0 fully saturated rings. The van der Waals surface area contributed by atoms with E-state index in [1.807, 2.05) is 0 Å². The van der Waals surface area contributed by atoms with Crippen LogP contribution in [-0.4, -0.2) is 18.1 Å². The van der Waals surface area contributed by atoms with Gasteiger partial charge in [-0.1, -0.05) is 0 Å². The van der Waals surface area contributed by atoms with Crippen molar-refractivity contribution in [3.05, 3.63) is 0 Å². The maximum absolute atomic E-state index is 7.16. The number of hydrogen-bond acceptors (Lipinski definition) is 3. The van der Waals surface area contributed by atoms with Gasteiger partial charge in [-0.05, 0) is 19.4 Å². The van der Waals surface area contributed by atoms with Gasteiger partial charge in [-0.2, -0.15) is 5.10 Å². The van der Waals surface area contributed by atoms with Crippen LogP contribution < -0.4 is 11.2 Å². The Labute approximate surface area is 60.0 Å². The van der Waals surface area contributed by atoms with Gasteiger partial charge < -0.3 is 5.73 Å². The molecular weight excluding hydrogens is 128 g/mol. The molecule has 1 heterocycles. The lowest BCUT2D eigenvalue weighted by Crippen LogP contribution is -2.08. The van der Waals surface area contributed by atoms with Gasteiger partial charge in [0.25, 0.3) is 0 Å². The third-order valence-corrected chi connectivity index (χ3v) is 1.40. The van der Waals surface area contributed by atoms with Crippen molar-refractivity contribution in [3.8, 4) is 0 Å². The van der Waals surface area contributed by atoms with Crippen LogP contribution in [0.5, 0.6) is 0 Å². The lowest BCUT2D eigenvalue weighted by molar-refractivity contribution is 0.870. The van der Waals surface area contributed by atoms with Gasteiger partial charge in [-0.15, -0.1) is 0 Å². The normalized spacial score (nSPS) is 16.9. The number of nitrogens with two attached hydrogens (primary N) is 1. The predicted octanol–water partition coefficient (Wildman–Crippen LogP) is 0.0519. The van der Waals surface area contributed by atoms with Gasteiger partial charge in [0.1, 0.15) is 5.84 Å². The summed E-state index contributed by atoms with van der Waals surface area (Å²) in [5.41, 5.74) is 8.97. The first-order chi connectivity index (χ1) is 4.83. The van der Waals surface area contributed by atoms with Crippen LogP contribution in [0.3, 0.4) is 0 Å². The number of nitrogens with zero attached hydrogens (tertiary/aromatic N) is 1. The highest BCUT2D eigenvalue weighted by Crippen LogP contribution is 2.01. The zero-order valence-corrected chi connectivity index (χ0v) is 5.85. The van der Waals surface area contributed by atoms with E-state index in [0.717, 1.165) is 18.6 Å². The molecule has 0 bridgehead atoms. The van der Waals surface area contributed by atoms with Gasteiger partial charge in [0, 0.05) is 12.1 Å².